The molecule has 3 amide bonds. The minimum atomic E-state index is -0.215. The highest BCUT2D eigenvalue weighted by Crippen LogP contribution is 2.30. The summed E-state index contributed by atoms with van der Waals surface area (Å²) in [4.78, 5) is 34.9. The molecule has 8 nitrogen and oxygen atoms in total. The van der Waals surface area contributed by atoms with Gasteiger partial charge in [-0.3, -0.25) is 4.79 Å². The summed E-state index contributed by atoms with van der Waals surface area (Å²) in [5.74, 6) is -0.0577. The van der Waals surface area contributed by atoms with Crippen LogP contribution in [-0.2, 0) is 0 Å². The van der Waals surface area contributed by atoms with Gasteiger partial charge in [-0.2, -0.15) is 5.10 Å². The lowest BCUT2D eigenvalue weighted by molar-refractivity contribution is 0.0590. The van der Waals surface area contributed by atoms with Crippen molar-refractivity contribution in [3.05, 3.63) is 81.4 Å². The fraction of sp³-hybridized carbons (Fsp3) is 0.286. The lowest BCUT2D eigenvalue weighted by Crippen LogP contribution is -2.56. The summed E-state index contributed by atoms with van der Waals surface area (Å²) in [7, 11) is 0. The van der Waals surface area contributed by atoms with Crippen molar-refractivity contribution in [2.24, 2.45) is 0 Å². The van der Waals surface area contributed by atoms with Gasteiger partial charge in [0.1, 0.15) is 0 Å². The average molecular weight is 584 g/mol. The van der Waals surface area contributed by atoms with Gasteiger partial charge in [0, 0.05) is 52.4 Å². The van der Waals surface area contributed by atoms with Crippen LogP contribution >= 0.6 is 34.5 Å². The Kier molecular flexibility index (Phi) is 7.93. The number of aromatic nitrogens is 3. The van der Waals surface area contributed by atoms with Crippen LogP contribution in [0, 0.1) is 0 Å². The summed E-state index contributed by atoms with van der Waals surface area (Å²) in [6.07, 6.45) is 1.63. The number of halogens is 2. The van der Waals surface area contributed by atoms with Crippen molar-refractivity contribution in [1.82, 2.24) is 24.6 Å². The molecule has 3 heterocycles. The third kappa shape index (κ3) is 5.80. The highest BCUT2D eigenvalue weighted by molar-refractivity contribution is 7.12. The zero-order valence-electron chi connectivity index (χ0n) is 21.8. The number of anilines is 1. The van der Waals surface area contributed by atoms with Crippen molar-refractivity contribution in [1.29, 1.82) is 0 Å². The van der Waals surface area contributed by atoms with Crippen molar-refractivity contribution in [2.75, 3.05) is 25.0 Å². The molecule has 0 aliphatic carbocycles. The minimum absolute atomic E-state index is 0.0384. The maximum Gasteiger partial charge on any atom is 0.322 e. The number of urea groups is 1. The third-order valence-corrected chi connectivity index (χ3v) is 7.95. The molecule has 1 unspecified atom stereocenters. The Labute approximate surface area is 241 Å². The van der Waals surface area contributed by atoms with Crippen molar-refractivity contribution < 1.29 is 9.59 Å². The first-order valence-electron chi connectivity index (χ1n) is 12.6. The van der Waals surface area contributed by atoms with Crippen LogP contribution in [0.1, 0.15) is 42.7 Å². The molecule has 1 fully saturated rings. The Hall–Kier alpha value is -3.40. The van der Waals surface area contributed by atoms with E-state index in [0.29, 0.717) is 46.1 Å². The van der Waals surface area contributed by atoms with Gasteiger partial charge in [-0.15, -0.1) is 11.3 Å². The van der Waals surface area contributed by atoms with Crippen LogP contribution in [0.15, 0.2) is 60.1 Å². The molecule has 2 aromatic heterocycles. The Balaban J connectivity index is 1.31. The molecule has 0 bridgehead atoms. The number of thiazole rings is 1. The monoisotopic (exact) mass is 582 g/mol. The van der Waals surface area contributed by atoms with E-state index in [1.807, 2.05) is 50.4 Å². The first kappa shape index (κ1) is 27.2. The molecule has 0 saturated carbocycles. The van der Waals surface area contributed by atoms with Crippen LogP contribution in [0.5, 0.6) is 0 Å². The van der Waals surface area contributed by atoms with Gasteiger partial charge < -0.3 is 15.1 Å². The van der Waals surface area contributed by atoms with Crippen LogP contribution in [0.2, 0.25) is 10.0 Å². The van der Waals surface area contributed by atoms with Crippen LogP contribution in [0.3, 0.4) is 0 Å². The number of amides is 3. The van der Waals surface area contributed by atoms with Gasteiger partial charge in [0.05, 0.1) is 23.1 Å². The first-order valence-corrected chi connectivity index (χ1v) is 14.3. The van der Waals surface area contributed by atoms with E-state index in [4.69, 9.17) is 28.2 Å². The fourth-order valence-electron chi connectivity index (χ4n) is 4.72. The summed E-state index contributed by atoms with van der Waals surface area (Å²) >= 11 is 13.5. The number of carbonyl (C=O) groups excluding carboxylic acids is 2. The predicted molar refractivity (Wildman–Crippen MR) is 156 cm³/mol. The smallest absolute Gasteiger partial charge is 0.322 e. The quantitative estimate of drug-likeness (QED) is 0.280. The normalized spacial score (nSPS) is 15.6. The number of hydrogen-bond acceptors (Lipinski definition) is 5. The Morgan fingerprint density at radius 3 is 2.54 bits per heavy atom. The van der Waals surface area contributed by atoms with E-state index >= 15 is 0 Å². The van der Waals surface area contributed by atoms with Crippen LogP contribution < -0.4 is 5.32 Å². The topological polar surface area (TPSA) is 83.4 Å². The molecule has 5 rings (SSSR count). The number of carbonyl (C=O) groups is 2. The second kappa shape index (κ2) is 11.4. The lowest BCUT2D eigenvalue weighted by Gasteiger charge is -2.39. The Morgan fingerprint density at radius 1 is 1.08 bits per heavy atom. The van der Waals surface area contributed by atoms with Gasteiger partial charge >= 0.3 is 6.03 Å². The number of piperazine rings is 1. The second-order valence-electron chi connectivity index (χ2n) is 9.77. The number of benzene rings is 2. The van der Waals surface area contributed by atoms with Crippen LogP contribution in [0.25, 0.3) is 16.4 Å². The fourth-order valence-corrected chi connectivity index (χ4v) is 5.84. The summed E-state index contributed by atoms with van der Waals surface area (Å²) in [5, 5.41) is 11.4. The number of nitrogens with one attached hydrogen (secondary N) is 1. The van der Waals surface area contributed by atoms with E-state index in [-0.39, 0.29) is 23.9 Å². The van der Waals surface area contributed by atoms with E-state index < -0.39 is 0 Å². The molecule has 0 spiro atoms. The van der Waals surface area contributed by atoms with Gasteiger partial charge in [-0.25, -0.2) is 14.5 Å². The largest absolute Gasteiger partial charge is 0.335 e. The molecule has 0 radical (unpaired) electrons. The maximum absolute atomic E-state index is 13.7. The SMILES string of the molecule is CC(C)c1c(C(=O)N2CCN(C(=O)Nc3cccc(Cl)c3)C(C)C2)cnn1-c1nc(-c2ccc(Cl)cc2)cs1. The van der Waals surface area contributed by atoms with Gasteiger partial charge in [0.25, 0.3) is 5.91 Å². The van der Waals surface area contributed by atoms with Gasteiger partial charge in [-0.05, 0) is 43.2 Å². The molecule has 1 aliphatic heterocycles. The lowest BCUT2D eigenvalue weighted by atomic mass is 10.0. The molecule has 2 aromatic carbocycles. The number of hydrogen-bond donors (Lipinski definition) is 1. The van der Waals surface area contributed by atoms with Gasteiger partial charge in [0.2, 0.25) is 5.13 Å². The highest BCUT2D eigenvalue weighted by atomic mass is 35.5. The summed E-state index contributed by atoms with van der Waals surface area (Å²) < 4.78 is 1.76. The van der Waals surface area contributed by atoms with Crippen molar-refractivity contribution in [2.45, 2.75) is 32.7 Å². The highest BCUT2D eigenvalue weighted by Gasteiger charge is 2.33. The molecular weight excluding hydrogens is 555 g/mol. The molecular formula is C28H28Cl2N6O2S. The van der Waals surface area contributed by atoms with E-state index in [2.05, 4.69) is 10.4 Å². The third-order valence-electron chi connectivity index (χ3n) is 6.65. The molecule has 39 heavy (non-hydrogen) atoms. The van der Waals surface area contributed by atoms with Crippen molar-refractivity contribution in [3.63, 3.8) is 0 Å². The molecule has 4 aromatic rings. The van der Waals surface area contributed by atoms with Crippen molar-refractivity contribution >= 4 is 52.2 Å². The zero-order valence-corrected chi connectivity index (χ0v) is 24.1. The molecule has 1 N–H and O–H groups in total. The molecule has 11 heteroatoms. The summed E-state index contributed by atoms with van der Waals surface area (Å²) in [6.45, 7) is 7.28. The van der Waals surface area contributed by atoms with Crippen LogP contribution in [-0.4, -0.2) is 62.2 Å². The van der Waals surface area contributed by atoms with E-state index in [0.717, 1.165) is 17.0 Å². The number of rotatable bonds is 5. The summed E-state index contributed by atoms with van der Waals surface area (Å²) in [5.41, 5.74) is 3.78. The van der Waals surface area contributed by atoms with Crippen LogP contribution in [0.4, 0.5) is 10.5 Å². The van der Waals surface area contributed by atoms with E-state index in [1.54, 1.807) is 44.9 Å². The Morgan fingerprint density at radius 2 is 1.85 bits per heavy atom. The second-order valence-corrected chi connectivity index (χ2v) is 11.5. The molecule has 1 aliphatic rings. The average Bonchev–Trinajstić information content (AvgIpc) is 3.56. The first-order chi connectivity index (χ1) is 18.7. The van der Waals surface area contributed by atoms with Gasteiger partial charge in [-0.1, -0.05) is 55.2 Å². The van der Waals surface area contributed by atoms with Gasteiger partial charge in [0.15, 0.2) is 0 Å². The predicted octanol–water partition coefficient (Wildman–Crippen LogP) is 6.80. The molecule has 1 atom stereocenters. The maximum atomic E-state index is 13.7. The minimum Gasteiger partial charge on any atom is -0.335 e. The zero-order chi connectivity index (χ0) is 27.7. The number of nitrogens with zero attached hydrogens (tertiary/aromatic N) is 5. The molecule has 202 valence electrons. The molecule has 1 saturated heterocycles. The standard InChI is InChI=1S/C28H28Cl2N6O2S/c1-17(2)25-23(14-31-36(25)28-33-24(16-39-28)19-7-9-20(29)10-8-19)26(37)34-11-12-35(18(3)15-34)27(38)32-22-6-4-5-21(30)13-22/h4-10,13-14,16-18H,11-12,15H2,1-3H3,(H,32,38). The van der Waals surface area contributed by atoms with E-state index in [1.165, 1.54) is 11.3 Å². The summed E-state index contributed by atoms with van der Waals surface area (Å²) in [6, 6.07) is 14.2. The van der Waals surface area contributed by atoms with E-state index in [9.17, 15) is 9.59 Å². The Bertz CT molecular complexity index is 1500. The van der Waals surface area contributed by atoms with Crippen molar-refractivity contribution in [3.8, 4) is 16.4 Å².